The molecule has 1 atom stereocenters. The van der Waals surface area contributed by atoms with E-state index in [-0.39, 0.29) is 17.3 Å². The highest BCUT2D eigenvalue weighted by molar-refractivity contribution is 5.02. The molecule has 0 amide bonds. The molecule has 0 radical (unpaired) electrons. The number of hydrogen-bond acceptors (Lipinski definition) is 3. The van der Waals surface area contributed by atoms with Crippen LogP contribution < -0.4 is 16.6 Å². The van der Waals surface area contributed by atoms with Gasteiger partial charge in [-0.15, -0.1) is 6.58 Å². The van der Waals surface area contributed by atoms with E-state index < -0.39 is 0 Å². The van der Waals surface area contributed by atoms with E-state index in [2.05, 4.69) is 11.9 Å². The van der Waals surface area contributed by atoms with Crippen LogP contribution in [0, 0.1) is 0 Å². The van der Waals surface area contributed by atoms with Crippen molar-refractivity contribution in [3.8, 4) is 0 Å². The van der Waals surface area contributed by atoms with Crippen LogP contribution in [0.15, 0.2) is 28.3 Å². The molecule has 0 saturated carbocycles. The molecule has 1 unspecified atom stereocenters. The van der Waals surface area contributed by atoms with Crippen molar-refractivity contribution in [3.63, 3.8) is 0 Å². The first-order chi connectivity index (χ1) is 7.97. The van der Waals surface area contributed by atoms with Gasteiger partial charge in [0.2, 0.25) is 0 Å². The Bertz CT molecular complexity index is 513. The fourth-order valence-corrected chi connectivity index (χ4v) is 1.56. The molecule has 0 saturated heterocycles. The summed E-state index contributed by atoms with van der Waals surface area (Å²) in [5.74, 6) is 0. The molecular formula is C12H19N3O2. The lowest BCUT2D eigenvalue weighted by molar-refractivity contribution is 0.526. The summed E-state index contributed by atoms with van der Waals surface area (Å²) in [6.45, 7) is 6.19. The summed E-state index contributed by atoms with van der Waals surface area (Å²) in [7, 11) is 3.14. The molecular weight excluding hydrogens is 218 g/mol. The number of nitrogens with one attached hydrogen (secondary N) is 1. The number of hydrogen-bond donors (Lipinski definition) is 1. The summed E-state index contributed by atoms with van der Waals surface area (Å²) in [5, 5.41) is 3.24. The highest BCUT2D eigenvalue weighted by atomic mass is 16.2. The second-order valence-corrected chi connectivity index (χ2v) is 4.18. The van der Waals surface area contributed by atoms with Crippen molar-refractivity contribution >= 4 is 0 Å². The van der Waals surface area contributed by atoms with Crippen molar-refractivity contribution < 1.29 is 0 Å². The van der Waals surface area contributed by atoms with Crippen molar-refractivity contribution in [2.45, 2.75) is 25.9 Å². The number of nitrogens with zero attached hydrogens (tertiary/aromatic N) is 2. The SMILES string of the molecule is C=CCC(C)NCc1cc(=O)n(C)c(=O)n1C. The molecule has 0 spiro atoms. The zero-order chi connectivity index (χ0) is 13.0. The van der Waals surface area contributed by atoms with Crippen LogP contribution in [0.5, 0.6) is 0 Å². The molecule has 1 aromatic rings. The quantitative estimate of drug-likeness (QED) is 0.741. The van der Waals surface area contributed by atoms with E-state index in [0.29, 0.717) is 12.2 Å². The molecule has 0 aromatic carbocycles. The first-order valence-electron chi connectivity index (χ1n) is 5.57. The monoisotopic (exact) mass is 237 g/mol. The fraction of sp³-hybridized carbons (Fsp3) is 0.500. The lowest BCUT2D eigenvalue weighted by atomic mass is 10.2. The summed E-state index contributed by atoms with van der Waals surface area (Å²) in [6.07, 6.45) is 2.68. The second-order valence-electron chi connectivity index (χ2n) is 4.18. The number of rotatable bonds is 5. The van der Waals surface area contributed by atoms with Crippen molar-refractivity contribution in [1.82, 2.24) is 14.5 Å². The lowest BCUT2D eigenvalue weighted by Gasteiger charge is -2.14. The normalized spacial score (nSPS) is 12.4. The van der Waals surface area contributed by atoms with Gasteiger partial charge >= 0.3 is 5.69 Å². The molecule has 1 rings (SSSR count). The molecule has 0 bridgehead atoms. The Kier molecular flexibility index (Phi) is 4.45. The molecule has 0 fully saturated rings. The van der Waals surface area contributed by atoms with Crippen molar-refractivity contribution in [2.24, 2.45) is 14.1 Å². The van der Waals surface area contributed by atoms with E-state index in [0.717, 1.165) is 11.0 Å². The highest BCUT2D eigenvalue weighted by Gasteiger charge is 2.06. The average molecular weight is 237 g/mol. The van der Waals surface area contributed by atoms with Gasteiger partial charge in [-0.25, -0.2) is 4.79 Å². The minimum absolute atomic E-state index is 0.270. The predicted molar refractivity (Wildman–Crippen MR) is 68.0 cm³/mol. The largest absolute Gasteiger partial charge is 0.330 e. The highest BCUT2D eigenvalue weighted by Crippen LogP contribution is 1.95. The first kappa shape index (κ1) is 13.4. The molecule has 5 nitrogen and oxygen atoms in total. The third kappa shape index (κ3) is 3.17. The molecule has 94 valence electrons. The summed E-state index contributed by atoms with van der Waals surface area (Å²) in [5.41, 5.74) is 0.112. The van der Waals surface area contributed by atoms with Gasteiger partial charge in [0.25, 0.3) is 5.56 Å². The van der Waals surface area contributed by atoms with Crippen LogP contribution in [-0.4, -0.2) is 15.2 Å². The summed E-state index contributed by atoms with van der Waals surface area (Å²) in [6, 6.07) is 1.75. The minimum atomic E-state index is -0.300. The average Bonchev–Trinajstić information content (AvgIpc) is 2.30. The molecule has 0 aliphatic heterocycles. The van der Waals surface area contributed by atoms with Gasteiger partial charge in [-0.3, -0.25) is 13.9 Å². The van der Waals surface area contributed by atoms with Crippen LogP contribution in [0.3, 0.4) is 0 Å². The third-order valence-electron chi connectivity index (χ3n) is 2.78. The zero-order valence-corrected chi connectivity index (χ0v) is 10.6. The molecule has 1 heterocycles. The van der Waals surface area contributed by atoms with Gasteiger partial charge in [-0.05, 0) is 13.3 Å². The van der Waals surface area contributed by atoms with E-state index in [1.807, 2.05) is 13.0 Å². The van der Waals surface area contributed by atoms with E-state index in [1.165, 1.54) is 17.7 Å². The Morgan fingerprint density at radius 1 is 1.41 bits per heavy atom. The van der Waals surface area contributed by atoms with Crippen molar-refractivity contribution in [1.29, 1.82) is 0 Å². The topological polar surface area (TPSA) is 56.0 Å². The van der Waals surface area contributed by atoms with Gasteiger partial charge in [-0.2, -0.15) is 0 Å². The third-order valence-corrected chi connectivity index (χ3v) is 2.78. The molecule has 0 aliphatic carbocycles. The van der Waals surface area contributed by atoms with E-state index in [4.69, 9.17) is 0 Å². The Morgan fingerprint density at radius 3 is 2.65 bits per heavy atom. The summed E-state index contributed by atoms with van der Waals surface area (Å²) < 4.78 is 2.58. The molecule has 1 N–H and O–H groups in total. The van der Waals surface area contributed by atoms with Crippen molar-refractivity contribution in [3.05, 3.63) is 45.3 Å². The standard InChI is InChI=1S/C12H19N3O2/c1-5-6-9(2)13-8-10-7-11(16)15(4)12(17)14(10)3/h5,7,9,13H,1,6,8H2,2-4H3. The van der Waals surface area contributed by atoms with Gasteiger partial charge in [0, 0.05) is 38.4 Å². The van der Waals surface area contributed by atoms with Crippen LogP contribution in [-0.2, 0) is 20.6 Å². The van der Waals surface area contributed by atoms with Gasteiger partial charge in [0.1, 0.15) is 0 Å². The Labute approximate surface area is 100 Å². The maximum Gasteiger partial charge on any atom is 0.330 e. The lowest BCUT2D eigenvalue weighted by Crippen LogP contribution is -2.39. The molecule has 5 heteroatoms. The number of aromatic nitrogens is 2. The van der Waals surface area contributed by atoms with Gasteiger partial charge < -0.3 is 5.32 Å². The van der Waals surface area contributed by atoms with Gasteiger partial charge in [0.05, 0.1) is 0 Å². The van der Waals surface area contributed by atoms with Crippen LogP contribution in [0.25, 0.3) is 0 Å². The van der Waals surface area contributed by atoms with Crippen LogP contribution in [0.2, 0.25) is 0 Å². The molecule has 1 aromatic heterocycles. The Morgan fingerprint density at radius 2 is 2.06 bits per heavy atom. The van der Waals surface area contributed by atoms with Crippen molar-refractivity contribution in [2.75, 3.05) is 0 Å². The molecule has 0 aliphatic rings. The first-order valence-corrected chi connectivity index (χ1v) is 5.57. The predicted octanol–water partition coefficient (Wildman–Crippen LogP) is 0.138. The summed E-state index contributed by atoms with van der Waals surface area (Å²) >= 11 is 0. The maximum absolute atomic E-state index is 11.7. The van der Waals surface area contributed by atoms with E-state index >= 15 is 0 Å². The maximum atomic E-state index is 11.7. The van der Waals surface area contributed by atoms with E-state index in [1.54, 1.807) is 7.05 Å². The zero-order valence-electron chi connectivity index (χ0n) is 10.6. The Hall–Kier alpha value is -1.62. The smallest absolute Gasteiger partial charge is 0.308 e. The molecule has 17 heavy (non-hydrogen) atoms. The minimum Gasteiger partial charge on any atom is -0.308 e. The van der Waals surface area contributed by atoms with E-state index in [9.17, 15) is 9.59 Å². The van der Waals surface area contributed by atoms with Crippen LogP contribution >= 0.6 is 0 Å². The summed E-state index contributed by atoms with van der Waals surface area (Å²) in [4.78, 5) is 23.2. The van der Waals surface area contributed by atoms with Gasteiger partial charge in [-0.1, -0.05) is 6.08 Å². The van der Waals surface area contributed by atoms with Gasteiger partial charge in [0.15, 0.2) is 0 Å². The fourth-order valence-electron chi connectivity index (χ4n) is 1.56. The van der Waals surface area contributed by atoms with Crippen LogP contribution in [0.4, 0.5) is 0 Å². The second kappa shape index (κ2) is 5.63. The van der Waals surface area contributed by atoms with Crippen LogP contribution in [0.1, 0.15) is 19.0 Å². The Balaban J connectivity index is 2.90.